The molecule has 122 valence electrons. The van der Waals surface area contributed by atoms with Gasteiger partial charge in [-0.05, 0) is 19.1 Å². The lowest BCUT2D eigenvalue weighted by molar-refractivity contribution is -0.222. The van der Waals surface area contributed by atoms with Crippen LogP contribution in [-0.4, -0.2) is 16.2 Å². The van der Waals surface area contributed by atoms with E-state index in [0.29, 0.717) is 0 Å². The molecule has 3 rings (SSSR count). The Morgan fingerprint density at radius 1 is 1.21 bits per heavy atom. The molecule has 0 bridgehead atoms. The molecule has 1 atom stereocenters. The Hall–Kier alpha value is -2.52. The standard InChI is InChI=1S/C17H11ClF3N3/c1-11-5-7-12(8-6-11)16(17(19,20)21)23-15(18)13(10-22)14-4-2-3-9-24(14)16/h2-9H,1H3/t16-/m1/s1. The van der Waals surface area contributed by atoms with Crippen molar-refractivity contribution in [2.24, 2.45) is 4.99 Å². The van der Waals surface area contributed by atoms with E-state index in [1.165, 1.54) is 30.5 Å². The van der Waals surface area contributed by atoms with Crippen LogP contribution in [0.2, 0.25) is 0 Å². The maximum Gasteiger partial charge on any atom is 0.437 e. The second-order valence-electron chi connectivity index (χ2n) is 5.38. The maximum absolute atomic E-state index is 14.2. The van der Waals surface area contributed by atoms with Gasteiger partial charge in [-0.3, -0.25) is 0 Å². The van der Waals surface area contributed by atoms with Crippen molar-refractivity contribution < 1.29 is 13.2 Å². The Morgan fingerprint density at radius 3 is 2.46 bits per heavy atom. The third kappa shape index (κ3) is 2.24. The fraction of sp³-hybridized carbons (Fsp3) is 0.176. The molecule has 1 aromatic rings. The first-order valence-electron chi connectivity index (χ1n) is 6.99. The molecule has 2 aliphatic heterocycles. The smallest absolute Gasteiger partial charge is 0.310 e. The highest BCUT2D eigenvalue weighted by Crippen LogP contribution is 2.50. The zero-order chi connectivity index (χ0) is 17.5. The van der Waals surface area contributed by atoms with Gasteiger partial charge in [-0.2, -0.15) is 18.4 Å². The summed E-state index contributed by atoms with van der Waals surface area (Å²) in [6, 6.07) is 7.74. The fourth-order valence-corrected chi connectivity index (χ4v) is 3.00. The number of fused-ring (bicyclic) bond motifs is 1. The topological polar surface area (TPSA) is 39.4 Å². The van der Waals surface area contributed by atoms with Crippen LogP contribution >= 0.6 is 11.6 Å². The Morgan fingerprint density at radius 2 is 1.88 bits per heavy atom. The Kier molecular flexibility index (Phi) is 3.77. The van der Waals surface area contributed by atoms with Gasteiger partial charge in [-0.25, -0.2) is 4.99 Å². The van der Waals surface area contributed by atoms with Crippen LogP contribution in [0, 0.1) is 18.3 Å². The van der Waals surface area contributed by atoms with E-state index in [4.69, 9.17) is 11.6 Å². The van der Waals surface area contributed by atoms with E-state index in [1.807, 2.05) is 6.07 Å². The molecule has 0 saturated heterocycles. The average molecular weight is 350 g/mol. The predicted molar refractivity (Wildman–Crippen MR) is 85.0 cm³/mol. The number of rotatable bonds is 1. The van der Waals surface area contributed by atoms with Crippen LogP contribution in [0.15, 0.2) is 65.0 Å². The minimum atomic E-state index is -4.76. The number of aliphatic imine (C=N–C) groups is 1. The van der Waals surface area contributed by atoms with E-state index in [1.54, 1.807) is 25.1 Å². The first kappa shape index (κ1) is 16.3. The lowest BCUT2D eigenvalue weighted by atomic mass is 9.92. The molecule has 0 saturated carbocycles. The first-order valence-corrected chi connectivity index (χ1v) is 7.37. The molecule has 7 heteroatoms. The Balaban J connectivity index is 2.34. The molecule has 24 heavy (non-hydrogen) atoms. The van der Waals surface area contributed by atoms with Gasteiger partial charge in [-0.15, -0.1) is 0 Å². The van der Waals surface area contributed by atoms with Crippen molar-refractivity contribution in [2.45, 2.75) is 18.8 Å². The van der Waals surface area contributed by atoms with Gasteiger partial charge in [0.05, 0.1) is 5.70 Å². The van der Waals surface area contributed by atoms with Crippen LogP contribution in [0.5, 0.6) is 0 Å². The second kappa shape index (κ2) is 5.53. The van der Waals surface area contributed by atoms with Crippen LogP contribution < -0.4 is 0 Å². The van der Waals surface area contributed by atoms with Gasteiger partial charge in [0.2, 0.25) is 0 Å². The average Bonchev–Trinajstić information content (AvgIpc) is 2.54. The molecule has 3 nitrogen and oxygen atoms in total. The molecule has 2 heterocycles. The summed E-state index contributed by atoms with van der Waals surface area (Å²) in [6.07, 6.45) is 0.929. The molecule has 0 fully saturated rings. The number of hydrogen-bond acceptors (Lipinski definition) is 3. The Bertz CT molecular complexity index is 841. The number of hydrogen-bond donors (Lipinski definition) is 0. The number of aryl methyl sites for hydroxylation is 1. The van der Waals surface area contributed by atoms with Crippen molar-refractivity contribution in [3.63, 3.8) is 0 Å². The maximum atomic E-state index is 14.2. The molecule has 2 aliphatic rings. The number of alkyl halides is 3. The molecule has 1 aromatic carbocycles. The van der Waals surface area contributed by atoms with Gasteiger partial charge in [0.15, 0.2) is 0 Å². The molecule has 0 amide bonds. The number of nitrogens with zero attached hydrogens (tertiary/aromatic N) is 3. The van der Waals surface area contributed by atoms with Gasteiger partial charge in [0.25, 0.3) is 5.66 Å². The SMILES string of the molecule is Cc1ccc([C@@]2(C(F)(F)F)N=C(Cl)C(C#N)=C3C=CC=CN32)cc1. The number of nitriles is 1. The summed E-state index contributed by atoms with van der Waals surface area (Å²) in [5, 5.41) is 8.78. The van der Waals surface area contributed by atoms with E-state index < -0.39 is 17.0 Å². The number of allylic oxidation sites excluding steroid dienone is 4. The summed E-state index contributed by atoms with van der Waals surface area (Å²) >= 11 is 5.96. The predicted octanol–water partition coefficient (Wildman–Crippen LogP) is 4.52. The van der Waals surface area contributed by atoms with E-state index >= 15 is 0 Å². The van der Waals surface area contributed by atoms with Crippen molar-refractivity contribution in [1.82, 2.24) is 4.90 Å². The lowest BCUT2D eigenvalue weighted by Crippen LogP contribution is -2.54. The van der Waals surface area contributed by atoms with Crippen molar-refractivity contribution >= 4 is 16.8 Å². The zero-order valence-corrected chi connectivity index (χ0v) is 13.2. The number of benzene rings is 1. The van der Waals surface area contributed by atoms with Crippen LogP contribution in [0.4, 0.5) is 13.2 Å². The minimum Gasteiger partial charge on any atom is -0.310 e. The molecule has 0 unspecified atom stereocenters. The first-order chi connectivity index (χ1) is 11.3. The van der Waals surface area contributed by atoms with Gasteiger partial charge in [0.1, 0.15) is 16.8 Å². The van der Waals surface area contributed by atoms with Gasteiger partial charge >= 0.3 is 6.18 Å². The largest absolute Gasteiger partial charge is 0.437 e. The highest BCUT2D eigenvalue weighted by Gasteiger charge is 2.62. The minimum absolute atomic E-state index is 0.0675. The van der Waals surface area contributed by atoms with Crippen molar-refractivity contribution in [2.75, 3.05) is 0 Å². The fourth-order valence-electron chi connectivity index (χ4n) is 2.74. The van der Waals surface area contributed by atoms with Crippen LogP contribution in [0.25, 0.3) is 0 Å². The van der Waals surface area contributed by atoms with Crippen molar-refractivity contribution in [3.05, 3.63) is 71.1 Å². The molecule has 0 aliphatic carbocycles. The molecular formula is C17H11ClF3N3. The van der Waals surface area contributed by atoms with Gasteiger partial charge < -0.3 is 4.90 Å². The van der Waals surface area contributed by atoms with Crippen LogP contribution in [0.3, 0.4) is 0 Å². The van der Waals surface area contributed by atoms with Crippen molar-refractivity contribution in [1.29, 1.82) is 5.26 Å². The third-order valence-electron chi connectivity index (χ3n) is 3.89. The number of halogens is 4. The summed E-state index contributed by atoms with van der Waals surface area (Å²) in [5.41, 5.74) is -1.99. The highest BCUT2D eigenvalue weighted by atomic mass is 35.5. The zero-order valence-electron chi connectivity index (χ0n) is 12.5. The molecular weight excluding hydrogens is 339 g/mol. The summed E-state index contributed by atoms with van der Waals surface area (Å²) in [5.74, 6) is 0. The van der Waals surface area contributed by atoms with Crippen LogP contribution in [0.1, 0.15) is 11.1 Å². The molecule has 0 radical (unpaired) electrons. The normalized spacial score (nSPS) is 23.0. The highest BCUT2D eigenvalue weighted by molar-refractivity contribution is 6.70. The molecule has 0 aromatic heterocycles. The van der Waals surface area contributed by atoms with E-state index in [2.05, 4.69) is 4.99 Å². The third-order valence-corrected chi connectivity index (χ3v) is 4.17. The quantitative estimate of drug-likeness (QED) is 0.747. The lowest BCUT2D eigenvalue weighted by Gasteiger charge is -2.45. The molecule has 0 spiro atoms. The van der Waals surface area contributed by atoms with Crippen molar-refractivity contribution in [3.8, 4) is 6.07 Å². The van der Waals surface area contributed by atoms with E-state index in [9.17, 15) is 18.4 Å². The summed E-state index contributed by atoms with van der Waals surface area (Å²) in [7, 11) is 0. The molecule has 0 N–H and O–H groups in total. The summed E-state index contributed by atoms with van der Waals surface area (Å²) in [6.45, 7) is 1.78. The second-order valence-corrected chi connectivity index (χ2v) is 5.74. The van der Waals surface area contributed by atoms with Gasteiger partial charge in [-0.1, -0.05) is 47.5 Å². The van der Waals surface area contributed by atoms with E-state index in [0.717, 1.165) is 10.5 Å². The van der Waals surface area contributed by atoms with E-state index in [-0.39, 0.29) is 16.8 Å². The summed E-state index contributed by atoms with van der Waals surface area (Å²) in [4.78, 5) is 4.69. The monoisotopic (exact) mass is 349 g/mol. The van der Waals surface area contributed by atoms with Crippen LogP contribution in [-0.2, 0) is 5.66 Å². The van der Waals surface area contributed by atoms with Gasteiger partial charge in [0, 0.05) is 11.8 Å². The summed E-state index contributed by atoms with van der Waals surface area (Å²) < 4.78 is 42.6. The Labute approximate surface area is 141 Å².